The number of carbonyl (C=O) groups is 2. The summed E-state index contributed by atoms with van der Waals surface area (Å²) in [6.07, 6.45) is 1.25. The number of rotatable bonds is 17. The highest BCUT2D eigenvalue weighted by molar-refractivity contribution is 6.03. The number of carbonyl (C=O) groups excluding carboxylic acids is 2. The molecule has 0 aromatic heterocycles. The molecule has 0 fully saturated rings. The molecule has 2 amide bonds. The van der Waals surface area contributed by atoms with E-state index in [2.05, 4.69) is 57.0 Å². The van der Waals surface area contributed by atoms with E-state index in [1.807, 2.05) is 54.6 Å². The van der Waals surface area contributed by atoms with Crippen LogP contribution in [0.3, 0.4) is 0 Å². The van der Waals surface area contributed by atoms with Gasteiger partial charge in [0.25, 0.3) is 11.8 Å². The predicted molar refractivity (Wildman–Crippen MR) is 213 cm³/mol. The number of hydrogen-bond donors (Lipinski definition) is 6. The van der Waals surface area contributed by atoms with E-state index in [1.165, 1.54) is 6.42 Å². The van der Waals surface area contributed by atoms with Gasteiger partial charge in [-0.25, -0.2) is 4.99 Å². The molecular weight excluding hydrogens is 670 g/mol. The van der Waals surface area contributed by atoms with Gasteiger partial charge >= 0.3 is 0 Å². The number of phenols is 1. The Morgan fingerprint density at radius 1 is 0.717 bits per heavy atom. The van der Waals surface area contributed by atoms with Crippen LogP contribution in [0.25, 0.3) is 0 Å². The van der Waals surface area contributed by atoms with Gasteiger partial charge in [-0.2, -0.15) is 0 Å². The second kappa shape index (κ2) is 24.2. The molecule has 12 nitrogen and oxygen atoms in total. The van der Waals surface area contributed by atoms with Crippen molar-refractivity contribution >= 4 is 35.0 Å². The minimum absolute atomic E-state index is 0.135. The van der Waals surface area contributed by atoms with Crippen LogP contribution in [0.1, 0.15) is 53.5 Å². The van der Waals surface area contributed by atoms with Crippen molar-refractivity contribution in [1.82, 2.24) is 16.0 Å². The molecule has 53 heavy (non-hydrogen) atoms. The Balaban J connectivity index is 0.00000243. The molecule has 4 aromatic rings. The van der Waals surface area contributed by atoms with Crippen molar-refractivity contribution in [3.8, 4) is 5.75 Å². The fraction of sp³-hybridized carbons (Fsp3) is 0.268. The molecule has 0 spiro atoms. The van der Waals surface area contributed by atoms with Gasteiger partial charge in [0.15, 0.2) is 0 Å². The standard InChI is InChI=1S/C38H43N7O5.C3H8/c1-28(39-20-22-49-24-25-50-23-21-40-36(47)31-12-7-4-8-13-31)43-38(45-33-16-18-35(46)19-17-33)44-29(2)42-34-15-9-14-32(26-34)37(48)41-27-30-10-5-3-6-11-30;1-3-2/h3-19,26,42,46H,2,20-25,27H2,1H3,(H,40,47)(H,41,48)(H2,39,43,44,45);3H2,1-2H3. The Morgan fingerprint density at radius 2 is 1.34 bits per heavy atom. The summed E-state index contributed by atoms with van der Waals surface area (Å²) in [4.78, 5) is 33.9. The summed E-state index contributed by atoms with van der Waals surface area (Å²) >= 11 is 0. The lowest BCUT2D eigenvalue weighted by Crippen LogP contribution is -2.33. The molecule has 4 rings (SSSR count). The van der Waals surface area contributed by atoms with E-state index < -0.39 is 0 Å². The number of guanidine groups is 1. The van der Waals surface area contributed by atoms with Crippen molar-refractivity contribution in [3.05, 3.63) is 138 Å². The molecular formula is C41H51N7O5. The zero-order valence-electron chi connectivity index (χ0n) is 30.7. The number of anilines is 2. The molecule has 0 saturated heterocycles. The zero-order valence-corrected chi connectivity index (χ0v) is 30.7. The molecule has 0 radical (unpaired) electrons. The van der Waals surface area contributed by atoms with Gasteiger partial charge in [0, 0.05) is 35.6 Å². The smallest absolute Gasteiger partial charge is 0.251 e. The molecule has 0 heterocycles. The van der Waals surface area contributed by atoms with Crippen molar-refractivity contribution in [3.63, 3.8) is 0 Å². The summed E-state index contributed by atoms with van der Waals surface area (Å²) in [5, 5.41) is 24.9. The van der Waals surface area contributed by atoms with Gasteiger partial charge in [0.1, 0.15) is 17.4 Å². The Hall–Kier alpha value is -5.98. The molecule has 12 heteroatoms. The number of benzene rings is 4. The highest BCUT2D eigenvalue weighted by Crippen LogP contribution is 2.15. The maximum atomic E-state index is 12.8. The van der Waals surface area contributed by atoms with Crippen molar-refractivity contribution < 1.29 is 24.2 Å². The predicted octanol–water partition coefficient (Wildman–Crippen LogP) is 6.56. The maximum Gasteiger partial charge on any atom is 0.251 e. The summed E-state index contributed by atoms with van der Waals surface area (Å²) in [7, 11) is 0. The molecule has 280 valence electrons. The minimum atomic E-state index is -0.194. The van der Waals surface area contributed by atoms with E-state index in [1.54, 1.807) is 61.5 Å². The lowest BCUT2D eigenvalue weighted by atomic mass is 10.1. The first kappa shape index (κ1) is 41.4. The molecule has 0 aliphatic rings. The van der Waals surface area contributed by atoms with Crippen LogP contribution in [0, 0.1) is 0 Å². The molecule has 0 aliphatic heterocycles. The quantitative estimate of drug-likeness (QED) is 0.0310. The van der Waals surface area contributed by atoms with E-state index in [0.717, 1.165) is 5.56 Å². The average molecular weight is 722 g/mol. The van der Waals surface area contributed by atoms with Crippen LogP contribution >= 0.6 is 0 Å². The Bertz CT molecular complexity index is 1750. The van der Waals surface area contributed by atoms with E-state index in [9.17, 15) is 14.7 Å². The number of aromatic hydroxyl groups is 1. The third-order valence-electron chi connectivity index (χ3n) is 6.91. The van der Waals surface area contributed by atoms with Gasteiger partial charge in [-0.3, -0.25) is 14.6 Å². The highest BCUT2D eigenvalue weighted by Gasteiger charge is 2.09. The number of nitrogens with one attached hydrogen (secondary N) is 5. The summed E-state index contributed by atoms with van der Waals surface area (Å²) in [6.45, 7) is 12.8. The lowest BCUT2D eigenvalue weighted by Gasteiger charge is -2.16. The van der Waals surface area contributed by atoms with E-state index in [-0.39, 0.29) is 17.6 Å². The Labute approximate surface area is 312 Å². The van der Waals surface area contributed by atoms with Gasteiger partial charge < -0.3 is 41.2 Å². The summed E-state index contributed by atoms with van der Waals surface area (Å²) in [5.41, 5.74) is 3.45. The fourth-order valence-corrected chi connectivity index (χ4v) is 4.45. The second-order valence-electron chi connectivity index (χ2n) is 11.6. The minimum Gasteiger partial charge on any atom is -0.508 e. The van der Waals surface area contributed by atoms with Crippen LogP contribution in [0.2, 0.25) is 0 Å². The molecule has 0 aliphatic carbocycles. The summed E-state index contributed by atoms with van der Waals surface area (Å²) in [6, 6.07) is 32.4. The van der Waals surface area contributed by atoms with Crippen LogP contribution < -0.4 is 26.6 Å². The highest BCUT2D eigenvalue weighted by atomic mass is 16.5. The molecule has 0 saturated carbocycles. The average Bonchev–Trinajstić information content (AvgIpc) is 3.16. The van der Waals surface area contributed by atoms with Gasteiger partial charge in [0.05, 0.1) is 33.0 Å². The Morgan fingerprint density at radius 3 is 2.04 bits per heavy atom. The first-order valence-electron chi connectivity index (χ1n) is 17.6. The second-order valence-corrected chi connectivity index (χ2v) is 11.6. The zero-order chi connectivity index (χ0) is 38.1. The third-order valence-corrected chi connectivity index (χ3v) is 6.91. The molecule has 0 bridgehead atoms. The number of nitrogens with zero attached hydrogens (tertiary/aromatic N) is 2. The van der Waals surface area contributed by atoms with Crippen molar-refractivity contribution in [1.29, 1.82) is 0 Å². The topological polar surface area (TPSA) is 158 Å². The van der Waals surface area contributed by atoms with E-state index in [0.29, 0.717) is 86.2 Å². The first-order chi connectivity index (χ1) is 25.8. The molecule has 0 atom stereocenters. The molecule has 6 N–H and O–H groups in total. The third kappa shape index (κ3) is 17.2. The summed E-state index contributed by atoms with van der Waals surface area (Å²) in [5.74, 6) is 1.02. The Kier molecular flexibility index (Phi) is 19.0. The number of amidine groups is 1. The normalized spacial score (nSPS) is 11.1. The van der Waals surface area contributed by atoms with Gasteiger partial charge in [-0.05, 0) is 67.1 Å². The maximum absolute atomic E-state index is 12.8. The van der Waals surface area contributed by atoms with Crippen LogP contribution in [0.5, 0.6) is 5.75 Å². The van der Waals surface area contributed by atoms with E-state index >= 15 is 0 Å². The van der Waals surface area contributed by atoms with Gasteiger partial charge in [-0.15, -0.1) is 0 Å². The van der Waals surface area contributed by atoms with Crippen LogP contribution in [-0.2, 0) is 16.0 Å². The van der Waals surface area contributed by atoms with Gasteiger partial charge in [-0.1, -0.05) is 81.4 Å². The first-order valence-corrected chi connectivity index (χ1v) is 17.6. The number of amides is 2. The van der Waals surface area contributed by atoms with Crippen molar-refractivity contribution in [2.45, 2.75) is 33.7 Å². The van der Waals surface area contributed by atoms with Crippen LogP contribution in [0.15, 0.2) is 132 Å². The lowest BCUT2D eigenvalue weighted by molar-refractivity contribution is 0.0512. The SMILES string of the molecule is C=C(NC(=NC(C)=NCCOCCOCCNC(=O)c1ccccc1)Nc1ccc(O)cc1)Nc1cccc(C(=O)NCc2ccccc2)c1.CCC. The van der Waals surface area contributed by atoms with E-state index in [4.69, 9.17) is 9.47 Å². The van der Waals surface area contributed by atoms with Crippen molar-refractivity contribution in [2.75, 3.05) is 50.2 Å². The largest absolute Gasteiger partial charge is 0.508 e. The fourth-order valence-electron chi connectivity index (χ4n) is 4.45. The molecule has 0 unspecified atom stereocenters. The number of aliphatic imine (C=N–C) groups is 2. The summed E-state index contributed by atoms with van der Waals surface area (Å²) < 4.78 is 11.1. The van der Waals surface area contributed by atoms with Crippen LogP contribution in [0.4, 0.5) is 11.4 Å². The molecule has 4 aromatic carbocycles. The van der Waals surface area contributed by atoms with Crippen molar-refractivity contribution in [2.24, 2.45) is 9.98 Å². The number of phenolic OH excluding ortho intramolecular Hbond substituents is 1. The monoisotopic (exact) mass is 721 g/mol. The van der Waals surface area contributed by atoms with Crippen LogP contribution in [-0.4, -0.2) is 68.2 Å². The number of hydrogen-bond acceptors (Lipinski definition) is 7. The van der Waals surface area contributed by atoms with Gasteiger partial charge in [0.2, 0.25) is 5.96 Å². The number of ether oxygens (including phenoxy) is 2.